The van der Waals surface area contributed by atoms with Crippen molar-refractivity contribution in [3.05, 3.63) is 120 Å². The van der Waals surface area contributed by atoms with Crippen molar-refractivity contribution in [2.75, 3.05) is 0 Å². The number of benzene rings is 4. The number of pyridine rings is 2. The Kier molecular flexibility index (Phi) is 6.84. The summed E-state index contributed by atoms with van der Waals surface area (Å²) in [6.07, 6.45) is 1.83. The minimum Gasteiger partial charge on any atom is -0.505 e. The van der Waals surface area contributed by atoms with E-state index in [1.165, 1.54) is 5.56 Å². The maximum absolute atomic E-state index is 10.9. The molecule has 1 N–H and O–H groups in total. The minimum atomic E-state index is 0. The van der Waals surface area contributed by atoms with Crippen molar-refractivity contribution in [1.82, 2.24) is 14.5 Å². The summed E-state index contributed by atoms with van der Waals surface area (Å²) in [6.45, 7) is 6.04. The number of fused-ring (bicyclic) bond motifs is 4. The zero-order valence-electron chi connectivity index (χ0n) is 22.8. The van der Waals surface area contributed by atoms with Crippen LogP contribution in [0.15, 0.2) is 97.2 Å². The van der Waals surface area contributed by atoms with Gasteiger partial charge in [0.05, 0.1) is 0 Å². The zero-order valence-corrected chi connectivity index (χ0v) is 25.0. The molecule has 0 bridgehead atoms. The maximum Gasteiger partial charge on any atom is 0.217 e. The number of aromatic hydroxyl groups is 1. The Morgan fingerprint density at radius 2 is 1.54 bits per heavy atom. The fourth-order valence-corrected chi connectivity index (χ4v) is 5.39. The molecule has 0 aliphatic carbocycles. The van der Waals surface area contributed by atoms with E-state index < -0.39 is 0 Å². The summed E-state index contributed by atoms with van der Waals surface area (Å²) in [5.41, 5.74) is 7.60. The molecule has 41 heavy (non-hydrogen) atoms. The van der Waals surface area contributed by atoms with Crippen LogP contribution in [0.5, 0.6) is 17.4 Å². The molecule has 0 radical (unpaired) electrons. The van der Waals surface area contributed by atoms with Crippen molar-refractivity contribution in [3.8, 4) is 34.3 Å². The molecule has 5 nitrogen and oxygen atoms in total. The summed E-state index contributed by atoms with van der Waals surface area (Å²) in [4.78, 5) is 9.41. The SMILES string of the molecule is Cc1ccnc(-n2c3[c-]c(Oc4ccc5c(-c6ccccc6)cc(C)c(O)c5n4)ccc3c3ccc(C)cc32)c1.[Pt]. The summed E-state index contributed by atoms with van der Waals surface area (Å²) >= 11 is 0. The first kappa shape index (κ1) is 26.7. The van der Waals surface area contributed by atoms with Gasteiger partial charge in [-0.3, -0.25) is 0 Å². The third-order valence-corrected chi connectivity index (χ3v) is 7.35. The average Bonchev–Trinajstić information content (AvgIpc) is 3.28. The molecule has 0 unspecified atom stereocenters. The van der Waals surface area contributed by atoms with E-state index in [0.29, 0.717) is 17.1 Å². The quantitative estimate of drug-likeness (QED) is 0.186. The summed E-state index contributed by atoms with van der Waals surface area (Å²) in [5.74, 6) is 1.90. The van der Waals surface area contributed by atoms with E-state index in [0.717, 1.165) is 55.3 Å². The van der Waals surface area contributed by atoms with E-state index in [9.17, 15) is 5.11 Å². The molecule has 3 aromatic heterocycles. The number of hydrogen-bond donors (Lipinski definition) is 1. The molecular weight excluding hydrogens is 689 g/mol. The molecule has 4 aromatic carbocycles. The largest absolute Gasteiger partial charge is 0.505 e. The molecule has 0 saturated heterocycles. The van der Waals surface area contributed by atoms with Gasteiger partial charge in [-0.15, -0.1) is 17.5 Å². The van der Waals surface area contributed by atoms with Crippen molar-refractivity contribution in [3.63, 3.8) is 0 Å². The van der Waals surface area contributed by atoms with Gasteiger partial charge in [0.15, 0.2) is 0 Å². The van der Waals surface area contributed by atoms with Crippen molar-refractivity contribution < 1.29 is 30.9 Å². The zero-order chi connectivity index (χ0) is 27.4. The number of aromatic nitrogens is 3. The Labute approximate surface area is 252 Å². The van der Waals surface area contributed by atoms with Gasteiger partial charge in [0.2, 0.25) is 5.88 Å². The number of aryl methyl sites for hydroxylation is 3. The van der Waals surface area contributed by atoms with Gasteiger partial charge in [0.25, 0.3) is 0 Å². The van der Waals surface area contributed by atoms with Crippen LogP contribution in [-0.4, -0.2) is 19.6 Å². The van der Waals surface area contributed by atoms with E-state index in [-0.39, 0.29) is 26.8 Å². The number of hydrogen-bond acceptors (Lipinski definition) is 4. The van der Waals surface area contributed by atoms with Crippen molar-refractivity contribution in [2.24, 2.45) is 0 Å². The molecule has 204 valence electrons. The Morgan fingerprint density at radius 1 is 0.780 bits per heavy atom. The molecule has 0 atom stereocenters. The number of phenols is 1. The third-order valence-electron chi connectivity index (χ3n) is 7.35. The second kappa shape index (κ2) is 10.5. The van der Waals surface area contributed by atoms with Crippen LogP contribution in [0.2, 0.25) is 0 Å². The molecular formula is C35H26N3O2Pt-. The molecule has 6 heteroatoms. The van der Waals surface area contributed by atoms with Crippen LogP contribution in [0.3, 0.4) is 0 Å². The van der Waals surface area contributed by atoms with Gasteiger partial charge in [0.1, 0.15) is 17.1 Å². The Bertz CT molecular complexity index is 2080. The average molecular weight is 716 g/mol. The smallest absolute Gasteiger partial charge is 0.217 e. The van der Waals surface area contributed by atoms with Gasteiger partial charge < -0.3 is 14.4 Å². The van der Waals surface area contributed by atoms with Crippen molar-refractivity contribution in [2.45, 2.75) is 20.8 Å². The van der Waals surface area contributed by atoms with Gasteiger partial charge >= 0.3 is 0 Å². The molecule has 0 aliphatic rings. The number of phenolic OH excluding ortho intramolecular Hbond substituents is 1. The predicted octanol–water partition coefficient (Wildman–Crippen LogP) is 8.61. The van der Waals surface area contributed by atoms with Crippen LogP contribution in [0.25, 0.3) is 49.7 Å². The van der Waals surface area contributed by atoms with Crippen LogP contribution in [0.4, 0.5) is 0 Å². The standard InChI is InChI=1S/C35H26N3O2.Pt/c1-21-9-11-26-27-12-10-25(20-31(27)38(30(26)17-21)32-18-22(2)15-16-36-32)40-33-14-13-28-29(24-7-5-4-6-8-24)19-23(3)35(39)34(28)37-33;/h4-19,39H,1-3H3;/q-1;. The summed E-state index contributed by atoms with van der Waals surface area (Å²) < 4.78 is 8.39. The van der Waals surface area contributed by atoms with Crippen molar-refractivity contribution >= 4 is 32.7 Å². The normalized spacial score (nSPS) is 11.2. The van der Waals surface area contributed by atoms with E-state index in [4.69, 9.17) is 9.72 Å². The van der Waals surface area contributed by atoms with Gasteiger partial charge in [0, 0.05) is 50.0 Å². The monoisotopic (exact) mass is 715 g/mol. The number of nitrogens with zero attached hydrogens (tertiary/aromatic N) is 3. The first-order valence-corrected chi connectivity index (χ1v) is 13.2. The maximum atomic E-state index is 10.9. The van der Waals surface area contributed by atoms with Gasteiger partial charge in [-0.25, -0.2) is 9.97 Å². The van der Waals surface area contributed by atoms with E-state index in [2.05, 4.69) is 71.9 Å². The van der Waals surface area contributed by atoms with Crippen LogP contribution < -0.4 is 4.74 Å². The van der Waals surface area contributed by atoms with Crippen LogP contribution in [0, 0.1) is 26.8 Å². The molecule has 7 rings (SSSR count). The second-order valence-electron chi connectivity index (χ2n) is 10.2. The predicted molar refractivity (Wildman–Crippen MR) is 161 cm³/mol. The molecule has 0 spiro atoms. The fourth-order valence-electron chi connectivity index (χ4n) is 5.39. The Hall–Kier alpha value is -4.47. The van der Waals surface area contributed by atoms with Gasteiger partial charge in [-0.05, 0) is 84.3 Å². The summed E-state index contributed by atoms with van der Waals surface area (Å²) in [6, 6.07) is 33.9. The van der Waals surface area contributed by atoms with E-state index in [1.54, 1.807) is 0 Å². The van der Waals surface area contributed by atoms with E-state index >= 15 is 0 Å². The molecule has 0 fully saturated rings. The molecule has 7 aromatic rings. The molecule has 0 amide bonds. The first-order chi connectivity index (χ1) is 19.5. The Balaban J connectivity index is 0.00000302. The molecule has 3 heterocycles. The second-order valence-corrected chi connectivity index (χ2v) is 10.2. The topological polar surface area (TPSA) is 60.2 Å². The summed E-state index contributed by atoms with van der Waals surface area (Å²) in [5, 5.41) is 14.0. The van der Waals surface area contributed by atoms with E-state index in [1.807, 2.05) is 61.7 Å². The van der Waals surface area contributed by atoms with Crippen LogP contribution in [0.1, 0.15) is 16.7 Å². The van der Waals surface area contributed by atoms with Crippen LogP contribution >= 0.6 is 0 Å². The fraction of sp³-hybridized carbons (Fsp3) is 0.0857. The van der Waals surface area contributed by atoms with Crippen molar-refractivity contribution in [1.29, 1.82) is 0 Å². The minimum absolute atomic E-state index is 0. The Morgan fingerprint density at radius 3 is 2.34 bits per heavy atom. The number of rotatable bonds is 4. The molecule has 0 saturated carbocycles. The molecule has 0 aliphatic heterocycles. The van der Waals surface area contributed by atoms with Crippen LogP contribution in [-0.2, 0) is 21.1 Å². The van der Waals surface area contributed by atoms with Gasteiger partial charge in [-0.1, -0.05) is 48.0 Å². The first-order valence-electron chi connectivity index (χ1n) is 13.2. The summed E-state index contributed by atoms with van der Waals surface area (Å²) in [7, 11) is 0. The number of ether oxygens (including phenoxy) is 1. The van der Waals surface area contributed by atoms with Gasteiger partial charge in [-0.2, -0.15) is 6.07 Å². The third kappa shape index (κ3) is 4.66.